The van der Waals surface area contributed by atoms with Crippen LogP contribution >= 0.6 is 0 Å². The van der Waals surface area contributed by atoms with Crippen molar-refractivity contribution in [1.82, 2.24) is 15.5 Å². The first kappa shape index (κ1) is 15.9. The van der Waals surface area contributed by atoms with Crippen molar-refractivity contribution in [2.24, 2.45) is 0 Å². The molecule has 0 saturated carbocycles. The number of carbonyl (C=O) groups excluding carboxylic acids is 2. The Balaban J connectivity index is 3.69. The molecule has 0 rings (SSSR count). The molecule has 0 aliphatic rings. The van der Waals surface area contributed by atoms with Gasteiger partial charge in [-0.3, -0.25) is 4.79 Å². The molecule has 0 fully saturated rings. The van der Waals surface area contributed by atoms with Crippen LogP contribution in [0.5, 0.6) is 0 Å². The molecular formula is C12H25N3O2. The quantitative estimate of drug-likeness (QED) is 0.668. The summed E-state index contributed by atoms with van der Waals surface area (Å²) in [5.74, 6) is 0.0447. The summed E-state index contributed by atoms with van der Waals surface area (Å²) in [6.45, 7) is 8.04. The molecule has 0 aliphatic heterocycles. The molecular weight excluding hydrogens is 218 g/mol. The summed E-state index contributed by atoms with van der Waals surface area (Å²) in [6, 6.07) is -0.683. The molecule has 1 atom stereocenters. The number of hydrogen-bond donors (Lipinski definition) is 2. The normalized spacial score (nSPS) is 12.3. The molecule has 2 N–H and O–H groups in total. The number of nitrogens with one attached hydrogen (secondary N) is 2. The Labute approximate surface area is 104 Å². The highest BCUT2D eigenvalue weighted by atomic mass is 16.2. The summed E-state index contributed by atoms with van der Waals surface area (Å²) < 4.78 is 0. The molecule has 0 unspecified atom stereocenters. The fourth-order valence-corrected chi connectivity index (χ4v) is 1.49. The van der Waals surface area contributed by atoms with E-state index in [1.165, 1.54) is 0 Å². The molecule has 17 heavy (non-hydrogen) atoms. The van der Waals surface area contributed by atoms with Gasteiger partial charge in [0.2, 0.25) is 0 Å². The van der Waals surface area contributed by atoms with Gasteiger partial charge in [0, 0.05) is 19.5 Å². The van der Waals surface area contributed by atoms with Crippen LogP contribution in [0, 0.1) is 0 Å². The number of urea groups is 1. The predicted molar refractivity (Wildman–Crippen MR) is 69.1 cm³/mol. The van der Waals surface area contributed by atoms with Crippen LogP contribution in [0.15, 0.2) is 0 Å². The molecule has 0 aromatic heterocycles. The highest BCUT2D eigenvalue weighted by Gasteiger charge is 2.12. The van der Waals surface area contributed by atoms with Gasteiger partial charge in [-0.1, -0.05) is 13.8 Å². The second-order valence-electron chi connectivity index (χ2n) is 4.25. The zero-order valence-electron chi connectivity index (χ0n) is 11.4. The monoisotopic (exact) mass is 243 g/mol. The van der Waals surface area contributed by atoms with Gasteiger partial charge < -0.3 is 15.5 Å². The Hall–Kier alpha value is -1.10. The van der Waals surface area contributed by atoms with Gasteiger partial charge in [-0.05, 0) is 26.9 Å². The van der Waals surface area contributed by atoms with Crippen LogP contribution in [0.1, 0.15) is 33.6 Å². The Morgan fingerprint density at radius 3 is 2.41 bits per heavy atom. The van der Waals surface area contributed by atoms with E-state index in [4.69, 9.17) is 0 Å². The van der Waals surface area contributed by atoms with E-state index in [0.29, 0.717) is 13.0 Å². The number of amides is 2. The number of ketones is 1. The van der Waals surface area contributed by atoms with Crippen molar-refractivity contribution in [3.05, 3.63) is 0 Å². The van der Waals surface area contributed by atoms with Crippen LogP contribution in [-0.4, -0.2) is 49.4 Å². The molecule has 5 heteroatoms. The number of carbonyl (C=O) groups is 2. The minimum absolute atomic E-state index is 0.0447. The molecule has 0 radical (unpaired) electrons. The van der Waals surface area contributed by atoms with Gasteiger partial charge >= 0.3 is 6.03 Å². The summed E-state index contributed by atoms with van der Waals surface area (Å²) >= 11 is 0. The summed E-state index contributed by atoms with van der Waals surface area (Å²) in [5, 5.41) is 5.36. The molecule has 100 valence electrons. The van der Waals surface area contributed by atoms with Crippen molar-refractivity contribution in [3.63, 3.8) is 0 Å². The average Bonchev–Trinajstić information content (AvgIpc) is 2.28. The summed E-state index contributed by atoms with van der Waals surface area (Å²) in [6.07, 6.45) is 1.55. The maximum Gasteiger partial charge on any atom is 0.315 e. The lowest BCUT2D eigenvalue weighted by Gasteiger charge is -2.17. The van der Waals surface area contributed by atoms with Gasteiger partial charge in [0.25, 0.3) is 0 Å². The molecule has 0 spiro atoms. The van der Waals surface area contributed by atoms with Gasteiger partial charge in [0.15, 0.2) is 5.78 Å². The van der Waals surface area contributed by atoms with Crippen LogP contribution in [-0.2, 0) is 4.79 Å². The van der Waals surface area contributed by atoms with Crippen LogP contribution < -0.4 is 10.6 Å². The zero-order valence-corrected chi connectivity index (χ0v) is 11.4. The van der Waals surface area contributed by atoms with E-state index in [0.717, 1.165) is 19.5 Å². The summed E-state index contributed by atoms with van der Waals surface area (Å²) in [5.41, 5.74) is 0. The number of Topliss-reactive ketones (excluding diaryl/α,β-unsaturated/α-hetero) is 1. The Morgan fingerprint density at radius 2 is 1.88 bits per heavy atom. The van der Waals surface area contributed by atoms with Crippen LogP contribution in [0.2, 0.25) is 0 Å². The fourth-order valence-electron chi connectivity index (χ4n) is 1.49. The molecule has 0 aromatic carbocycles. The fraction of sp³-hybridized carbons (Fsp3) is 0.833. The Morgan fingerprint density at radius 1 is 1.24 bits per heavy atom. The third-order valence-corrected chi connectivity index (χ3v) is 2.56. The maximum absolute atomic E-state index is 11.4. The highest BCUT2D eigenvalue weighted by molar-refractivity contribution is 5.87. The van der Waals surface area contributed by atoms with Gasteiger partial charge in [-0.2, -0.15) is 0 Å². The highest BCUT2D eigenvalue weighted by Crippen LogP contribution is 1.89. The van der Waals surface area contributed by atoms with E-state index in [-0.39, 0.29) is 11.8 Å². The predicted octanol–water partition coefficient (Wildman–Crippen LogP) is 0.995. The van der Waals surface area contributed by atoms with E-state index in [9.17, 15) is 9.59 Å². The standard InChI is InChI=1S/C12H25N3O2/c1-5-8-15(4)9-7-13-12(17)14-10(3)11(16)6-2/h10H,5-9H2,1-4H3,(H2,13,14,17)/t10-/m1/s1. The zero-order chi connectivity index (χ0) is 13.3. The first-order valence-corrected chi connectivity index (χ1v) is 6.26. The molecule has 5 nitrogen and oxygen atoms in total. The molecule has 0 heterocycles. The smallest absolute Gasteiger partial charge is 0.315 e. The minimum Gasteiger partial charge on any atom is -0.337 e. The molecule has 0 saturated heterocycles. The summed E-state index contributed by atoms with van der Waals surface area (Å²) in [4.78, 5) is 24.8. The van der Waals surface area contributed by atoms with Crippen molar-refractivity contribution in [3.8, 4) is 0 Å². The van der Waals surface area contributed by atoms with E-state index in [1.54, 1.807) is 13.8 Å². The van der Waals surface area contributed by atoms with Gasteiger partial charge in [0.1, 0.15) is 0 Å². The third-order valence-electron chi connectivity index (χ3n) is 2.56. The SMILES string of the molecule is CCCN(C)CCNC(=O)N[C@H](C)C(=O)CC. The Bertz CT molecular complexity index is 244. The van der Waals surface area contributed by atoms with E-state index in [1.807, 2.05) is 7.05 Å². The average molecular weight is 243 g/mol. The van der Waals surface area contributed by atoms with Crippen molar-refractivity contribution in [2.45, 2.75) is 39.7 Å². The molecule has 0 aromatic rings. The maximum atomic E-state index is 11.4. The lowest BCUT2D eigenvalue weighted by Crippen LogP contribution is -2.46. The molecule has 0 aliphatic carbocycles. The molecule has 0 bridgehead atoms. The minimum atomic E-state index is -0.409. The van der Waals surface area contributed by atoms with Crippen LogP contribution in [0.25, 0.3) is 0 Å². The van der Waals surface area contributed by atoms with Crippen LogP contribution in [0.4, 0.5) is 4.79 Å². The van der Waals surface area contributed by atoms with E-state index < -0.39 is 6.04 Å². The number of likely N-dealkylation sites (N-methyl/N-ethyl adjacent to an activating group) is 1. The second-order valence-corrected chi connectivity index (χ2v) is 4.25. The lowest BCUT2D eigenvalue weighted by molar-refractivity contribution is -0.120. The lowest BCUT2D eigenvalue weighted by atomic mass is 10.2. The van der Waals surface area contributed by atoms with Crippen molar-refractivity contribution < 1.29 is 9.59 Å². The topological polar surface area (TPSA) is 61.4 Å². The summed E-state index contributed by atoms with van der Waals surface area (Å²) in [7, 11) is 2.02. The van der Waals surface area contributed by atoms with Gasteiger partial charge in [-0.25, -0.2) is 4.79 Å². The van der Waals surface area contributed by atoms with Gasteiger partial charge in [0.05, 0.1) is 6.04 Å². The third kappa shape index (κ3) is 7.74. The van der Waals surface area contributed by atoms with Crippen molar-refractivity contribution in [1.29, 1.82) is 0 Å². The van der Waals surface area contributed by atoms with Crippen LogP contribution in [0.3, 0.4) is 0 Å². The second kappa shape index (κ2) is 8.98. The number of hydrogen-bond acceptors (Lipinski definition) is 3. The van der Waals surface area contributed by atoms with Gasteiger partial charge in [-0.15, -0.1) is 0 Å². The first-order valence-electron chi connectivity index (χ1n) is 6.26. The molecule has 2 amide bonds. The largest absolute Gasteiger partial charge is 0.337 e. The van der Waals surface area contributed by atoms with E-state index >= 15 is 0 Å². The number of rotatable bonds is 8. The number of nitrogens with zero attached hydrogens (tertiary/aromatic N) is 1. The first-order chi connectivity index (χ1) is 8.01. The van der Waals surface area contributed by atoms with E-state index in [2.05, 4.69) is 22.5 Å². The Kier molecular flexibility index (Phi) is 8.40. The van der Waals surface area contributed by atoms with Crippen molar-refractivity contribution in [2.75, 3.05) is 26.7 Å². The van der Waals surface area contributed by atoms with Crippen molar-refractivity contribution >= 4 is 11.8 Å².